The van der Waals surface area contributed by atoms with Crippen LogP contribution in [0.25, 0.3) is 0 Å². The first-order valence-electron chi connectivity index (χ1n) is 6.17. The molecule has 0 radical (unpaired) electrons. The van der Waals surface area contributed by atoms with Crippen LogP contribution in [0, 0.1) is 20.2 Å². The zero-order chi connectivity index (χ0) is 15.6. The molecule has 1 N–H and O–H groups in total. The molecule has 1 atom stereocenters. The summed E-state index contributed by atoms with van der Waals surface area (Å²) in [7, 11) is 0. The van der Waals surface area contributed by atoms with Crippen molar-refractivity contribution >= 4 is 23.1 Å². The van der Waals surface area contributed by atoms with Gasteiger partial charge in [-0.2, -0.15) is 0 Å². The Balaban J connectivity index is 2.45. The van der Waals surface area contributed by atoms with Gasteiger partial charge in [-0.05, 0) is 18.9 Å². The summed E-state index contributed by atoms with van der Waals surface area (Å²) in [6.45, 7) is 0. The summed E-state index contributed by atoms with van der Waals surface area (Å²) in [5.41, 5.74) is -1.94. The fourth-order valence-corrected chi connectivity index (χ4v) is 2.26. The topological polar surface area (TPSA) is 132 Å². The molecule has 1 saturated heterocycles. The molecule has 0 aromatic heterocycles. The Labute approximate surface area is 118 Å². The maximum atomic E-state index is 12.3. The summed E-state index contributed by atoms with van der Waals surface area (Å²) in [5.74, 6) is -0.994. The van der Waals surface area contributed by atoms with Gasteiger partial charge in [0.25, 0.3) is 0 Å². The fraction of sp³-hybridized carbons (Fsp3) is 0.333. The number of piperidine rings is 1. The quantitative estimate of drug-likeness (QED) is 0.506. The first-order chi connectivity index (χ1) is 9.91. The Kier molecular flexibility index (Phi) is 3.92. The number of hydrogen-bond donors (Lipinski definition) is 1. The van der Waals surface area contributed by atoms with E-state index in [4.69, 9.17) is 0 Å². The lowest BCUT2D eigenvalue weighted by molar-refractivity contribution is -0.422. The van der Waals surface area contributed by atoms with Gasteiger partial charge < -0.3 is 5.32 Å². The second-order valence-electron chi connectivity index (χ2n) is 4.56. The van der Waals surface area contributed by atoms with Crippen LogP contribution in [0.3, 0.4) is 0 Å². The Morgan fingerprint density at radius 3 is 2.52 bits per heavy atom. The molecule has 1 heterocycles. The SMILES string of the molecule is O=C1CCCC(C(=O)c2cccc([N+](=O)[O-])c2[N+](=O)[O-])N1. The molecule has 1 fully saturated rings. The van der Waals surface area contributed by atoms with E-state index in [1.54, 1.807) is 0 Å². The van der Waals surface area contributed by atoms with Crippen LogP contribution in [0.4, 0.5) is 11.4 Å². The Bertz CT molecular complexity index is 642. The van der Waals surface area contributed by atoms with E-state index in [0.29, 0.717) is 19.3 Å². The van der Waals surface area contributed by atoms with Gasteiger partial charge in [0.2, 0.25) is 5.91 Å². The third kappa shape index (κ3) is 2.86. The molecule has 0 spiro atoms. The number of nitrogens with one attached hydrogen (secondary N) is 1. The minimum atomic E-state index is -0.948. The lowest BCUT2D eigenvalue weighted by Gasteiger charge is -2.21. The molecule has 1 aliphatic rings. The first kappa shape index (κ1) is 14.6. The minimum Gasteiger partial charge on any atom is -0.346 e. The van der Waals surface area contributed by atoms with Gasteiger partial charge in [0.05, 0.1) is 15.9 Å². The molecule has 110 valence electrons. The van der Waals surface area contributed by atoms with Crippen LogP contribution in [0.1, 0.15) is 29.6 Å². The van der Waals surface area contributed by atoms with E-state index in [1.165, 1.54) is 6.07 Å². The average molecular weight is 293 g/mol. The van der Waals surface area contributed by atoms with E-state index in [-0.39, 0.29) is 11.5 Å². The Morgan fingerprint density at radius 1 is 1.24 bits per heavy atom. The molecule has 9 nitrogen and oxygen atoms in total. The number of nitro benzene ring substituents is 2. The van der Waals surface area contributed by atoms with Gasteiger partial charge in [-0.1, -0.05) is 6.07 Å². The molecule has 0 bridgehead atoms. The third-order valence-electron chi connectivity index (χ3n) is 3.21. The zero-order valence-electron chi connectivity index (χ0n) is 10.8. The monoisotopic (exact) mass is 293 g/mol. The highest BCUT2D eigenvalue weighted by atomic mass is 16.6. The van der Waals surface area contributed by atoms with Crippen molar-refractivity contribution in [1.82, 2.24) is 5.32 Å². The van der Waals surface area contributed by atoms with Gasteiger partial charge in [-0.15, -0.1) is 0 Å². The van der Waals surface area contributed by atoms with Gasteiger partial charge in [-0.25, -0.2) is 0 Å². The van der Waals surface area contributed by atoms with E-state index >= 15 is 0 Å². The number of nitrogens with zero attached hydrogens (tertiary/aromatic N) is 2. The fourth-order valence-electron chi connectivity index (χ4n) is 2.26. The third-order valence-corrected chi connectivity index (χ3v) is 3.21. The summed E-state index contributed by atoms with van der Waals surface area (Å²) < 4.78 is 0. The van der Waals surface area contributed by atoms with E-state index in [9.17, 15) is 29.8 Å². The van der Waals surface area contributed by atoms with Crippen LogP contribution in [0.5, 0.6) is 0 Å². The predicted molar refractivity (Wildman–Crippen MR) is 69.9 cm³/mol. The van der Waals surface area contributed by atoms with Crippen molar-refractivity contribution in [3.05, 3.63) is 44.0 Å². The molecule has 1 unspecified atom stereocenters. The highest BCUT2D eigenvalue weighted by molar-refractivity contribution is 6.06. The number of Topliss-reactive ketones (excluding diaryl/α,β-unsaturated/α-hetero) is 1. The smallest absolute Gasteiger partial charge is 0.346 e. The van der Waals surface area contributed by atoms with Crippen molar-refractivity contribution in [2.24, 2.45) is 0 Å². The molecule has 0 aliphatic carbocycles. The van der Waals surface area contributed by atoms with Crippen LogP contribution in [-0.4, -0.2) is 27.6 Å². The van der Waals surface area contributed by atoms with E-state index in [2.05, 4.69) is 5.32 Å². The molecule has 2 rings (SSSR count). The molecular weight excluding hydrogens is 282 g/mol. The number of nitro groups is 2. The van der Waals surface area contributed by atoms with Gasteiger partial charge in [-0.3, -0.25) is 29.8 Å². The Hall–Kier alpha value is -2.84. The van der Waals surface area contributed by atoms with Crippen molar-refractivity contribution in [3.63, 3.8) is 0 Å². The van der Waals surface area contributed by atoms with Gasteiger partial charge in [0, 0.05) is 12.5 Å². The number of ketones is 1. The number of rotatable bonds is 4. The Morgan fingerprint density at radius 2 is 1.95 bits per heavy atom. The van der Waals surface area contributed by atoms with E-state index < -0.39 is 33.0 Å². The number of amides is 1. The van der Waals surface area contributed by atoms with Crippen LogP contribution in [-0.2, 0) is 4.79 Å². The van der Waals surface area contributed by atoms with E-state index in [1.807, 2.05) is 0 Å². The predicted octanol–water partition coefficient (Wildman–Crippen LogP) is 1.35. The van der Waals surface area contributed by atoms with Crippen molar-refractivity contribution < 1.29 is 19.4 Å². The van der Waals surface area contributed by atoms with Crippen LogP contribution < -0.4 is 5.32 Å². The summed E-state index contributed by atoms with van der Waals surface area (Å²) >= 11 is 0. The molecule has 1 amide bonds. The lowest BCUT2D eigenvalue weighted by Crippen LogP contribution is -2.44. The number of carbonyl (C=O) groups excluding carboxylic acids is 2. The normalized spacial score (nSPS) is 17.9. The van der Waals surface area contributed by atoms with Crippen molar-refractivity contribution in [2.45, 2.75) is 25.3 Å². The van der Waals surface area contributed by atoms with Gasteiger partial charge in [0.15, 0.2) is 5.78 Å². The maximum Gasteiger partial charge on any atom is 0.356 e. The van der Waals surface area contributed by atoms with Crippen LogP contribution >= 0.6 is 0 Å². The summed E-state index contributed by atoms with van der Waals surface area (Å²) in [6, 6.07) is 2.46. The zero-order valence-corrected chi connectivity index (χ0v) is 10.8. The van der Waals surface area contributed by atoms with E-state index in [0.717, 1.165) is 12.1 Å². The van der Waals surface area contributed by atoms with Crippen molar-refractivity contribution in [2.75, 3.05) is 0 Å². The van der Waals surface area contributed by atoms with Gasteiger partial charge in [0.1, 0.15) is 5.56 Å². The average Bonchev–Trinajstić information content (AvgIpc) is 2.45. The molecule has 1 aromatic rings. The molecule has 1 aromatic carbocycles. The lowest BCUT2D eigenvalue weighted by atomic mass is 9.95. The second-order valence-corrected chi connectivity index (χ2v) is 4.56. The molecular formula is C12H11N3O6. The number of para-hydroxylation sites is 1. The molecule has 9 heteroatoms. The largest absolute Gasteiger partial charge is 0.356 e. The molecule has 0 saturated carbocycles. The number of hydrogen-bond acceptors (Lipinski definition) is 6. The summed E-state index contributed by atoms with van der Waals surface area (Å²) in [4.78, 5) is 43.7. The molecule has 21 heavy (non-hydrogen) atoms. The summed E-state index contributed by atoms with van der Waals surface area (Å²) in [5, 5.41) is 24.4. The van der Waals surface area contributed by atoms with Gasteiger partial charge >= 0.3 is 11.4 Å². The van der Waals surface area contributed by atoms with Crippen LogP contribution in [0.15, 0.2) is 18.2 Å². The van der Waals surface area contributed by atoms with Crippen molar-refractivity contribution in [1.29, 1.82) is 0 Å². The number of benzene rings is 1. The molecule has 1 aliphatic heterocycles. The summed E-state index contributed by atoms with van der Waals surface area (Å²) in [6.07, 6.45) is 1.14. The maximum absolute atomic E-state index is 12.3. The second kappa shape index (κ2) is 5.65. The number of carbonyl (C=O) groups is 2. The van der Waals surface area contributed by atoms with Crippen LogP contribution in [0.2, 0.25) is 0 Å². The minimum absolute atomic E-state index is 0.292. The first-order valence-corrected chi connectivity index (χ1v) is 6.17. The highest BCUT2D eigenvalue weighted by Gasteiger charge is 2.35. The highest BCUT2D eigenvalue weighted by Crippen LogP contribution is 2.31. The van der Waals surface area contributed by atoms with Crippen molar-refractivity contribution in [3.8, 4) is 0 Å². The standard InChI is InChI=1S/C12H11N3O6/c16-10-6-2-4-8(13-10)12(17)7-3-1-5-9(14(18)19)11(7)15(20)21/h1,3,5,8H,2,4,6H2,(H,13,16).